The SMILES string of the molecule is CC(C)CN(CCN(C)C)CC1COCCC1O. The number of ether oxygens (including phenoxy) is 1. The fourth-order valence-electron chi connectivity index (χ4n) is 2.41. The minimum Gasteiger partial charge on any atom is -0.393 e. The molecule has 1 N–H and O–H groups in total. The highest BCUT2D eigenvalue weighted by molar-refractivity contribution is 4.77. The van der Waals surface area contributed by atoms with Crippen molar-refractivity contribution < 1.29 is 9.84 Å². The molecule has 1 aliphatic heterocycles. The third-order valence-electron chi connectivity index (χ3n) is 3.41. The Morgan fingerprint density at radius 2 is 2.00 bits per heavy atom. The normalized spacial score (nSPS) is 25.3. The molecular formula is C14H30N2O2. The van der Waals surface area contributed by atoms with Crippen LogP contribution in [0.5, 0.6) is 0 Å². The second-order valence-electron chi connectivity index (χ2n) is 6.15. The van der Waals surface area contributed by atoms with Gasteiger partial charge in [-0.2, -0.15) is 0 Å². The predicted molar refractivity (Wildman–Crippen MR) is 74.8 cm³/mol. The number of aliphatic hydroxyl groups excluding tert-OH is 1. The third kappa shape index (κ3) is 6.14. The molecule has 0 aliphatic carbocycles. The Kier molecular flexibility index (Phi) is 7.15. The first-order valence-corrected chi connectivity index (χ1v) is 7.12. The van der Waals surface area contributed by atoms with Gasteiger partial charge in [-0.3, -0.25) is 0 Å². The molecular weight excluding hydrogens is 228 g/mol. The van der Waals surface area contributed by atoms with Crippen molar-refractivity contribution in [3.8, 4) is 0 Å². The summed E-state index contributed by atoms with van der Waals surface area (Å²) in [5.74, 6) is 0.938. The average Bonchev–Trinajstić information content (AvgIpc) is 2.28. The van der Waals surface area contributed by atoms with Gasteiger partial charge in [-0.15, -0.1) is 0 Å². The molecule has 2 atom stereocenters. The molecule has 18 heavy (non-hydrogen) atoms. The van der Waals surface area contributed by atoms with Crippen molar-refractivity contribution in [2.45, 2.75) is 26.4 Å². The van der Waals surface area contributed by atoms with Crippen LogP contribution in [-0.4, -0.2) is 74.5 Å². The van der Waals surface area contributed by atoms with Crippen LogP contribution in [0, 0.1) is 11.8 Å². The van der Waals surface area contributed by atoms with E-state index in [0.717, 1.165) is 32.6 Å². The van der Waals surface area contributed by atoms with Crippen molar-refractivity contribution in [3.63, 3.8) is 0 Å². The Balaban J connectivity index is 2.42. The third-order valence-corrected chi connectivity index (χ3v) is 3.41. The quantitative estimate of drug-likeness (QED) is 0.736. The zero-order valence-corrected chi connectivity index (χ0v) is 12.4. The van der Waals surface area contributed by atoms with Crippen LogP contribution in [0.4, 0.5) is 0 Å². The average molecular weight is 258 g/mol. The van der Waals surface area contributed by atoms with Crippen molar-refractivity contribution in [1.29, 1.82) is 0 Å². The van der Waals surface area contributed by atoms with Gasteiger partial charge in [-0.25, -0.2) is 0 Å². The van der Waals surface area contributed by atoms with Crippen LogP contribution in [-0.2, 0) is 4.74 Å². The van der Waals surface area contributed by atoms with E-state index in [1.54, 1.807) is 0 Å². The molecule has 0 aromatic heterocycles. The fraction of sp³-hybridized carbons (Fsp3) is 1.00. The highest BCUT2D eigenvalue weighted by Crippen LogP contribution is 2.16. The molecule has 4 nitrogen and oxygen atoms in total. The summed E-state index contributed by atoms with van der Waals surface area (Å²) in [5.41, 5.74) is 0. The summed E-state index contributed by atoms with van der Waals surface area (Å²) in [7, 11) is 4.21. The van der Waals surface area contributed by atoms with Crippen LogP contribution in [0.25, 0.3) is 0 Å². The number of hydrogen-bond acceptors (Lipinski definition) is 4. The molecule has 0 bridgehead atoms. The lowest BCUT2D eigenvalue weighted by atomic mass is 9.97. The van der Waals surface area contributed by atoms with E-state index in [1.807, 2.05) is 0 Å². The molecule has 4 heteroatoms. The zero-order valence-electron chi connectivity index (χ0n) is 12.4. The first-order chi connectivity index (χ1) is 8.49. The topological polar surface area (TPSA) is 35.9 Å². The Labute approximate surface area is 112 Å². The van der Waals surface area contributed by atoms with E-state index >= 15 is 0 Å². The summed E-state index contributed by atoms with van der Waals surface area (Å²) in [6, 6.07) is 0. The molecule has 1 saturated heterocycles. The number of likely N-dealkylation sites (N-methyl/N-ethyl adjacent to an activating group) is 1. The van der Waals surface area contributed by atoms with Crippen molar-refractivity contribution in [2.24, 2.45) is 11.8 Å². The molecule has 108 valence electrons. The van der Waals surface area contributed by atoms with Gasteiger partial charge in [0.15, 0.2) is 0 Å². The molecule has 2 unspecified atom stereocenters. The largest absolute Gasteiger partial charge is 0.393 e. The summed E-state index contributed by atoms with van der Waals surface area (Å²) in [5, 5.41) is 10.0. The van der Waals surface area contributed by atoms with E-state index in [4.69, 9.17) is 4.74 Å². The van der Waals surface area contributed by atoms with Gasteiger partial charge in [0.2, 0.25) is 0 Å². The Hall–Kier alpha value is -0.160. The lowest BCUT2D eigenvalue weighted by molar-refractivity contribution is -0.0477. The maximum atomic E-state index is 10.0. The summed E-state index contributed by atoms with van der Waals surface area (Å²) >= 11 is 0. The van der Waals surface area contributed by atoms with Gasteiger partial charge in [0, 0.05) is 38.7 Å². The summed E-state index contributed by atoms with van der Waals surface area (Å²) in [6.45, 7) is 10.1. The minimum absolute atomic E-state index is 0.187. The molecule has 1 aliphatic rings. The molecule has 0 radical (unpaired) electrons. The first-order valence-electron chi connectivity index (χ1n) is 7.12. The smallest absolute Gasteiger partial charge is 0.0624 e. The molecule has 0 amide bonds. The van der Waals surface area contributed by atoms with E-state index in [-0.39, 0.29) is 12.0 Å². The van der Waals surface area contributed by atoms with E-state index in [2.05, 4.69) is 37.7 Å². The lowest BCUT2D eigenvalue weighted by Crippen LogP contribution is -2.44. The molecule has 0 saturated carbocycles. The van der Waals surface area contributed by atoms with Crippen molar-refractivity contribution >= 4 is 0 Å². The molecule has 0 aromatic rings. The van der Waals surface area contributed by atoms with Gasteiger partial charge in [-0.1, -0.05) is 13.8 Å². The van der Waals surface area contributed by atoms with Crippen LogP contribution >= 0.6 is 0 Å². The lowest BCUT2D eigenvalue weighted by Gasteiger charge is -2.34. The minimum atomic E-state index is -0.187. The van der Waals surface area contributed by atoms with Crippen LogP contribution in [0.15, 0.2) is 0 Å². The van der Waals surface area contributed by atoms with Gasteiger partial charge >= 0.3 is 0 Å². The van der Waals surface area contributed by atoms with Gasteiger partial charge in [0.1, 0.15) is 0 Å². The van der Waals surface area contributed by atoms with Gasteiger partial charge < -0.3 is 19.6 Å². The highest BCUT2D eigenvalue weighted by atomic mass is 16.5. The second-order valence-corrected chi connectivity index (χ2v) is 6.15. The van der Waals surface area contributed by atoms with Crippen LogP contribution in [0.1, 0.15) is 20.3 Å². The first kappa shape index (κ1) is 15.9. The van der Waals surface area contributed by atoms with E-state index in [1.165, 1.54) is 0 Å². The Morgan fingerprint density at radius 3 is 2.56 bits per heavy atom. The summed E-state index contributed by atoms with van der Waals surface area (Å²) in [4.78, 5) is 4.67. The number of aliphatic hydroxyl groups is 1. The van der Waals surface area contributed by atoms with Crippen LogP contribution in [0.2, 0.25) is 0 Å². The van der Waals surface area contributed by atoms with Crippen molar-refractivity contribution in [2.75, 3.05) is 53.5 Å². The molecule has 0 spiro atoms. The van der Waals surface area contributed by atoms with Gasteiger partial charge in [0.05, 0.1) is 12.7 Å². The van der Waals surface area contributed by atoms with Crippen LogP contribution < -0.4 is 0 Å². The van der Waals surface area contributed by atoms with Crippen LogP contribution in [0.3, 0.4) is 0 Å². The second kappa shape index (κ2) is 8.10. The monoisotopic (exact) mass is 258 g/mol. The zero-order chi connectivity index (χ0) is 13.5. The van der Waals surface area contributed by atoms with Gasteiger partial charge in [0.25, 0.3) is 0 Å². The Morgan fingerprint density at radius 1 is 1.28 bits per heavy atom. The van der Waals surface area contributed by atoms with E-state index in [0.29, 0.717) is 19.1 Å². The standard InChI is InChI=1S/C14H30N2O2/c1-12(2)9-16(7-6-15(3)4)10-13-11-18-8-5-14(13)17/h12-14,17H,5-11H2,1-4H3. The maximum Gasteiger partial charge on any atom is 0.0624 e. The fourth-order valence-corrected chi connectivity index (χ4v) is 2.41. The maximum absolute atomic E-state index is 10.0. The summed E-state index contributed by atoms with van der Waals surface area (Å²) in [6.07, 6.45) is 0.598. The molecule has 1 heterocycles. The van der Waals surface area contributed by atoms with Crippen molar-refractivity contribution in [3.05, 3.63) is 0 Å². The number of rotatable bonds is 7. The molecule has 1 fully saturated rings. The van der Waals surface area contributed by atoms with E-state index < -0.39 is 0 Å². The number of hydrogen-bond donors (Lipinski definition) is 1. The number of nitrogens with zero attached hydrogens (tertiary/aromatic N) is 2. The Bertz CT molecular complexity index is 222. The predicted octanol–water partition coefficient (Wildman–Crippen LogP) is 0.903. The molecule has 0 aromatic carbocycles. The molecule has 1 rings (SSSR count). The summed E-state index contributed by atoms with van der Waals surface area (Å²) < 4.78 is 5.49. The van der Waals surface area contributed by atoms with Crippen molar-refractivity contribution in [1.82, 2.24) is 9.80 Å². The van der Waals surface area contributed by atoms with E-state index in [9.17, 15) is 5.11 Å². The van der Waals surface area contributed by atoms with Gasteiger partial charge in [-0.05, 0) is 26.4 Å². The highest BCUT2D eigenvalue weighted by Gasteiger charge is 2.25.